The molecule has 0 bridgehead atoms. The number of hydrogen-bond donors (Lipinski definition) is 0. The molecule has 0 aliphatic carbocycles. The second-order valence-corrected chi connectivity index (χ2v) is 4.77. The topological polar surface area (TPSA) is 68.0 Å². The first-order valence-corrected chi connectivity index (χ1v) is 6.31. The number of fused-ring (bicyclic) bond motifs is 2. The molecule has 1 aliphatic rings. The van der Waals surface area contributed by atoms with Gasteiger partial charge in [0, 0.05) is 18.5 Å². The summed E-state index contributed by atoms with van der Waals surface area (Å²) >= 11 is 1.75. The second-order valence-electron chi connectivity index (χ2n) is 3.69. The van der Waals surface area contributed by atoms with Crippen molar-refractivity contribution >= 4 is 22.6 Å². The lowest BCUT2D eigenvalue weighted by Crippen LogP contribution is -1.97. The molecule has 1 aromatic carbocycles. The van der Waals surface area contributed by atoms with Crippen LogP contribution in [0, 0.1) is 20.7 Å². The number of aromatic nitrogens is 2. The average molecular weight is 369 g/mol. The van der Waals surface area contributed by atoms with E-state index in [0.29, 0.717) is 5.69 Å². The van der Waals surface area contributed by atoms with Gasteiger partial charge in [-0.15, -0.1) is 0 Å². The van der Waals surface area contributed by atoms with Crippen LogP contribution in [0.25, 0.3) is 0 Å². The molecule has 7 heteroatoms. The van der Waals surface area contributed by atoms with Crippen LogP contribution in [0.15, 0.2) is 18.5 Å². The average Bonchev–Trinajstić information content (AvgIpc) is 2.62. The van der Waals surface area contributed by atoms with Gasteiger partial charge in [0.25, 0.3) is 0 Å². The van der Waals surface area contributed by atoms with Crippen molar-refractivity contribution in [1.82, 2.24) is 9.97 Å². The van der Waals surface area contributed by atoms with Crippen LogP contribution in [-0.4, -0.2) is 9.97 Å². The molecule has 0 amide bonds. The molecule has 0 unspecified atom stereocenters. The van der Waals surface area contributed by atoms with Gasteiger partial charge in [0.1, 0.15) is 18.4 Å². The van der Waals surface area contributed by atoms with Crippen LogP contribution in [0.4, 0.5) is 4.39 Å². The first-order chi connectivity index (χ1) is 9.20. The molecule has 19 heavy (non-hydrogen) atoms. The minimum atomic E-state index is -0.631. The normalized spacial score (nSPS) is 12.3. The van der Waals surface area contributed by atoms with Gasteiger partial charge in [-0.25, -0.2) is 9.37 Å². The summed E-state index contributed by atoms with van der Waals surface area (Å²) in [6.07, 6.45) is 2.96. The standard InChI is InChI=1S/C12H5FIN3O2/c13-9-10(14)6(4-15)3-8-11(9)19-12-7(5-18-8)16-1-2-17-12/h1-3H,5H2. The first kappa shape index (κ1) is 12.1. The Labute approximate surface area is 121 Å². The molecular weight excluding hydrogens is 364 g/mol. The van der Waals surface area contributed by atoms with E-state index in [-0.39, 0.29) is 33.1 Å². The van der Waals surface area contributed by atoms with Crippen molar-refractivity contribution < 1.29 is 13.9 Å². The van der Waals surface area contributed by atoms with E-state index in [0.717, 1.165) is 0 Å². The third-order valence-corrected chi connectivity index (χ3v) is 3.60. The van der Waals surface area contributed by atoms with E-state index in [1.807, 2.05) is 6.07 Å². The molecule has 0 saturated carbocycles. The van der Waals surface area contributed by atoms with Crippen molar-refractivity contribution in [2.45, 2.75) is 6.61 Å². The summed E-state index contributed by atoms with van der Waals surface area (Å²) in [4.78, 5) is 8.05. The van der Waals surface area contributed by atoms with Crippen LogP contribution < -0.4 is 9.47 Å². The van der Waals surface area contributed by atoms with Gasteiger partial charge in [-0.1, -0.05) is 0 Å². The highest BCUT2D eigenvalue weighted by Crippen LogP contribution is 2.40. The zero-order valence-corrected chi connectivity index (χ0v) is 11.5. The van der Waals surface area contributed by atoms with Gasteiger partial charge in [-0.3, -0.25) is 4.98 Å². The SMILES string of the molecule is N#Cc1cc2c(c(F)c1I)Oc1nccnc1CO2. The summed E-state index contributed by atoms with van der Waals surface area (Å²) in [6.45, 7) is 0.112. The smallest absolute Gasteiger partial charge is 0.245 e. The van der Waals surface area contributed by atoms with E-state index in [4.69, 9.17) is 14.7 Å². The van der Waals surface area contributed by atoms with E-state index in [9.17, 15) is 4.39 Å². The molecule has 1 aromatic heterocycles. The van der Waals surface area contributed by atoms with E-state index in [1.54, 1.807) is 22.6 Å². The van der Waals surface area contributed by atoms with Crippen molar-refractivity contribution in [2.75, 3.05) is 0 Å². The maximum Gasteiger partial charge on any atom is 0.245 e. The minimum Gasteiger partial charge on any atom is -0.483 e. The predicted octanol–water partition coefficient (Wildman–Crippen LogP) is 2.78. The van der Waals surface area contributed by atoms with Gasteiger partial charge in [0.05, 0.1) is 9.13 Å². The Morgan fingerprint density at radius 2 is 2.16 bits per heavy atom. The maximum absolute atomic E-state index is 14.2. The zero-order chi connectivity index (χ0) is 13.4. The number of nitriles is 1. The second kappa shape index (κ2) is 4.62. The molecular formula is C12H5FIN3O2. The van der Waals surface area contributed by atoms with Crippen LogP contribution in [0.3, 0.4) is 0 Å². The number of nitrogens with zero attached hydrogens (tertiary/aromatic N) is 3. The lowest BCUT2D eigenvalue weighted by atomic mass is 10.2. The molecule has 0 spiro atoms. The van der Waals surface area contributed by atoms with Crippen molar-refractivity contribution in [2.24, 2.45) is 0 Å². The molecule has 3 rings (SSSR count). The first-order valence-electron chi connectivity index (χ1n) is 5.23. The number of hydrogen-bond acceptors (Lipinski definition) is 5. The zero-order valence-electron chi connectivity index (χ0n) is 9.35. The van der Waals surface area contributed by atoms with Crippen LogP contribution >= 0.6 is 22.6 Å². The third-order valence-electron chi connectivity index (χ3n) is 2.55. The largest absolute Gasteiger partial charge is 0.483 e. The van der Waals surface area contributed by atoms with Crippen LogP contribution in [-0.2, 0) is 6.61 Å². The highest BCUT2D eigenvalue weighted by molar-refractivity contribution is 14.1. The number of rotatable bonds is 0. The summed E-state index contributed by atoms with van der Waals surface area (Å²) in [5.41, 5.74) is 0.680. The maximum atomic E-state index is 14.2. The summed E-state index contributed by atoms with van der Waals surface area (Å²) < 4.78 is 25.2. The summed E-state index contributed by atoms with van der Waals surface area (Å²) in [5, 5.41) is 8.95. The molecule has 2 heterocycles. The molecule has 5 nitrogen and oxygen atoms in total. The molecule has 0 atom stereocenters. The Bertz CT molecular complexity index is 715. The quantitative estimate of drug-likeness (QED) is 0.668. The molecule has 1 aliphatic heterocycles. The third kappa shape index (κ3) is 1.98. The Hall–Kier alpha value is -1.95. The number of benzene rings is 1. The highest BCUT2D eigenvalue weighted by Gasteiger charge is 2.24. The molecule has 2 aromatic rings. The van der Waals surface area contributed by atoms with E-state index < -0.39 is 5.82 Å². The number of ether oxygens (including phenoxy) is 2. The van der Waals surface area contributed by atoms with Crippen molar-refractivity contribution in [3.8, 4) is 23.4 Å². The lowest BCUT2D eigenvalue weighted by Gasteiger charge is -2.09. The molecule has 94 valence electrons. The summed E-state index contributed by atoms with van der Waals surface area (Å²) in [7, 11) is 0. The van der Waals surface area contributed by atoms with Crippen molar-refractivity contribution in [3.05, 3.63) is 39.1 Å². The molecule has 0 N–H and O–H groups in total. The number of halogens is 2. The van der Waals surface area contributed by atoms with Crippen molar-refractivity contribution in [1.29, 1.82) is 5.26 Å². The van der Waals surface area contributed by atoms with Gasteiger partial charge in [-0.2, -0.15) is 5.26 Å². The van der Waals surface area contributed by atoms with E-state index in [2.05, 4.69) is 9.97 Å². The fourth-order valence-electron chi connectivity index (χ4n) is 1.65. The monoisotopic (exact) mass is 369 g/mol. The Morgan fingerprint density at radius 3 is 2.95 bits per heavy atom. The molecule has 0 saturated heterocycles. The van der Waals surface area contributed by atoms with Crippen molar-refractivity contribution in [3.63, 3.8) is 0 Å². The fraction of sp³-hybridized carbons (Fsp3) is 0.0833. The van der Waals surface area contributed by atoms with Gasteiger partial charge in [-0.05, 0) is 22.6 Å². The Kier molecular flexibility index (Phi) is 2.94. The van der Waals surface area contributed by atoms with Crippen LogP contribution in [0.2, 0.25) is 0 Å². The minimum absolute atomic E-state index is 0.0670. The van der Waals surface area contributed by atoms with Gasteiger partial charge in [0.2, 0.25) is 11.6 Å². The van der Waals surface area contributed by atoms with Gasteiger partial charge < -0.3 is 9.47 Å². The van der Waals surface area contributed by atoms with Gasteiger partial charge in [0.15, 0.2) is 11.6 Å². The summed E-state index contributed by atoms with van der Waals surface area (Å²) in [6, 6.07) is 3.36. The van der Waals surface area contributed by atoms with Crippen LogP contribution in [0.1, 0.15) is 11.3 Å². The molecule has 0 fully saturated rings. The van der Waals surface area contributed by atoms with E-state index in [1.165, 1.54) is 18.5 Å². The summed E-state index contributed by atoms with van der Waals surface area (Å²) in [5.74, 6) is -0.314. The predicted molar refractivity (Wildman–Crippen MR) is 70.3 cm³/mol. The Balaban J connectivity index is 2.18. The molecule has 0 radical (unpaired) electrons. The fourth-order valence-corrected chi connectivity index (χ4v) is 2.17. The Morgan fingerprint density at radius 1 is 1.37 bits per heavy atom. The van der Waals surface area contributed by atoms with Gasteiger partial charge >= 0.3 is 0 Å². The lowest BCUT2D eigenvalue weighted by molar-refractivity contribution is 0.300. The van der Waals surface area contributed by atoms with E-state index >= 15 is 0 Å². The van der Waals surface area contributed by atoms with Crippen LogP contribution in [0.5, 0.6) is 17.4 Å². The highest BCUT2D eigenvalue weighted by atomic mass is 127.